The number of rotatable bonds is 2. The van der Waals surface area contributed by atoms with Crippen molar-refractivity contribution in [2.24, 2.45) is 0 Å². The van der Waals surface area contributed by atoms with Gasteiger partial charge in [-0.15, -0.1) is 0 Å². The van der Waals surface area contributed by atoms with Gasteiger partial charge in [0.05, 0.1) is 11.6 Å². The lowest BCUT2D eigenvalue weighted by molar-refractivity contribution is 0.213. The zero-order valence-electron chi connectivity index (χ0n) is 8.16. The van der Waals surface area contributed by atoms with E-state index in [1.165, 1.54) is 12.1 Å². The summed E-state index contributed by atoms with van der Waals surface area (Å²) >= 11 is 0. The smallest absolute Gasteiger partial charge is 0.166 e. The molecule has 0 amide bonds. The minimum absolute atomic E-state index is 0.0347. The Hall–Kier alpha value is -1.60. The Kier molecular flexibility index (Phi) is 2.84. The Morgan fingerprint density at radius 1 is 1.53 bits per heavy atom. The number of ether oxygens (including phenoxy) is 1. The van der Waals surface area contributed by atoms with Crippen molar-refractivity contribution in [3.8, 4) is 11.8 Å². The quantitative estimate of drug-likeness (QED) is 0.796. The van der Waals surface area contributed by atoms with Crippen LogP contribution in [0.15, 0.2) is 18.2 Å². The van der Waals surface area contributed by atoms with Crippen LogP contribution in [0.5, 0.6) is 5.75 Å². The van der Waals surface area contributed by atoms with E-state index in [1.54, 1.807) is 6.07 Å². The fraction of sp³-hybridized carbons (Fsp3) is 0.364. The largest absolute Gasteiger partial charge is 0.486 e. The molecule has 2 rings (SSSR count). The van der Waals surface area contributed by atoms with Crippen LogP contribution in [0.3, 0.4) is 0 Å². The molecule has 1 atom stereocenters. The first-order chi connectivity index (χ1) is 7.29. The molecule has 15 heavy (non-hydrogen) atoms. The third-order valence-corrected chi connectivity index (χ3v) is 2.37. The second-order valence-corrected chi connectivity index (χ2v) is 3.49. The zero-order chi connectivity index (χ0) is 10.7. The first-order valence-corrected chi connectivity index (χ1v) is 4.86. The third-order valence-electron chi connectivity index (χ3n) is 2.37. The number of hydrogen-bond acceptors (Lipinski definition) is 3. The number of nitriles is 1. The van der Waals surface area contributed by atoms with Crippen LogP contribution in [0.1, 0.15) is 12.0 Å². The molecule has 0 radical (unpaired) electrons. The molecule has 0 bridgehead atoms. The summed E-state index contributed by atoms with van der Waals surface area (Å²) in [6.07, 6.45) is 0.923. The normalized spacial score (nSPS) is 19.9. The second-order valence-electron chi connectivity index (χ2n) is 3.49. The van der Waals surface area contributed by atoms with Gasteiger partial charge < -0.3 is 10.1 Å². The molecule has 1 saturated heterocycles. The van der Waals surface area contributed by atoms with Crippen molar-refractivity contribution in [2.45, 2.75) is 12.5 Å². The van der Waals surface area contributed by atoms with E-state index in [-0.39, 0.29) is 11.9 Å². The van der Waals surface area contributed by atoms with E-state index in [0.717, 1.165) is 19.5 Å². The maximum atomic E-state index is 13.4. The van der Waals surface area contributed by atoms with E-state index in [2.05, 4.69) is 5.32 Å². The van der Waals surface area contributed by atoms with Gasteiger partial charge >= 0.3 is 0 Å². The van der Waals surface area contributed by atoms with Crippen molar-refractivity contribution in [3.05, 3.63) is 29.6 Å². The van der Waals surface area contributed by atoms with E-state index >= 15 is 0 Å². The van der Waals surface area contributed by atoms with Crippen molar-refractivity contribution >= 4 is 0 Å². The predicted octanol–water partition coefficient (Wildman–Crippen LogP) is 1.44. The highest BCUT2D eigenvalue weighted by molar-refractivity contribution is 5.36. The van der Waals surface area contributed by atoms with Gasteiger partial charge in [0, 0.05) is 6.54 Å². The molecule has 0 aromatic heterocycles. The van der Waals surface area contributed by atoms with Crippen LogP contribution in [0, 0.1) is 17.1 Å². The monoisotopic (exact) mass is 206 g/mol. The highest BCUT2D eigenvalue weighted by Gasteiger charge is 2.17. The molecule has 4 heteroatoms. The molecule has 1 fully saturated rings. The van der Waals surface area contributed by atoms with Crippen LogP contribution < -0.4 is 10.1 Å². The molecule has 3 nitrogen and oxygen atoms in total. The van der Waals surface area contributed by atoms with Gasteiger partial charge in [0.25, 0.3) is 0 Å². The van der Waals surface area contributed by atoms with Crippen molar-refractivity contribution < 1.29 is 9.13 Å². The standard InChI is InChI=1S/C11H11FN2O/c12-10-5-8(6-13)1-2-11(10)15-9-3-4-14-7-9/h1-2,5,9,14H,3-4,7H2/t9-/m0/s1. The molecule has 1 aliphatic rings. The number of nitrogens with zero attached hydrogens (tertiary/aromatic N) is 1. The van der Waals surface area contributed by atoms with Gasteiger partial charge in [0.2, 0.25) is 0 Å². The summed E-state index contributed by atoms with van der Waals surface area (Å²) in [4.78, 5) is 0. The van der Waals surface area contributed by atoms with Gasteiger partial charge in [-0.05, 0) is 31.2 Å². The SMILES string of the molecule is N#Cc1ccc(O[C@H]2CCNC2)c(F)c1. The van der Waals surface area contributed by atoms with E-state index in [1.807, 2.05) is 6.07 Å². The lowest BCUT2D eigenvalue weighted by Gasteiger charge is -2.12. The molecule has 1 aromatic carbocycles. The van der Waals surface area contributed by atoms with E-state index < -0.39 is 5.82 Å². The van der Waals surface area contributed by atoms with Crippen LogP contribution in [0.2, 0.25) is 0 Å². The molecule has 1 N–H and O–H groups in total. The van der Waals surface area contributed by atoms with Crippen molar-refractivity contribution in [1.29, 1.82) is 5.26 Å². The van der Waals surface area contributed by atoms with Gasteiger partial charge in [-0.2, -0.15) is 5.26 Å². The molecule has 1 aromatic rings. The Morgan fingerprint density at radius 2 is 2.40 bits per heavy atom. The summed E-state index contributed by atoms with van der Waals surface area (Å²) in [6.45, 7) is 1.65. The van der Waals surface area contributed by atoms with Crippen molar-refractivity contribution in [2.75, 3.05) is 13.1 Å². The topological polar surface area (TPSA) is 45.0 Å². The fourth-order valence-corrected chi connectivity index (χ4v) is 1.57. The van der Waals surface area contributed by atoms with Gasteiger partial charge in [-0.25, -0.2) is 4.39 Å². The summed E-state index contributed by atoms with van der Waals surface area (Å²) in [6, 6.07) is 6.14. The lowest BCUT2D eigenvalue weighted by atomic mass is 10.2. The van der Waals surface area contributed by atoms with Gasteiger partial charge in [0.1, 0.15) is 6.10 Å². The molecule has 0 aliphatic carbocycles. The van der Waals surface area contributed by atoms with Gasteiger partial charge in [-0.3, -0.25) is 0 Å². The summed E-state index contributed by atoms with van der Waals surface area (Å²) in [5.74, 6) is -0.247. The fourth-order valence-electron chi connectivity index (χ4n) is 1.57. The lowest BCUT2D eigenvalue weighted by Crippen LogP contribution is -2.20. The average Bonchev–Trinajstić information content (AvgIpc) is 2.74. The summed E-state index contributed by atoms with van der Waals surface area (Å²) in [5, 5.41) is 11.7. The Bertz CT molecular complexity index is 394. The maximum absolute atomic E-state index is 13.4. The molecule has 0 unspecified atom stereocenters. The number of nitrogens with one attached hydrogen (secondary N) is 1. The third kappa shape index (κ3) is 2.25. The number of hydrogen-bond donors (Lipinski definition) is 1. The Morgan fingerprint density at radius 3 is 3.00 bits per heavy atom. The number of halogens is 1. The predicted molar refractivity (Wildman–Crippen MR) is 53.0 cm³/mol. The van der Waals surface area contributed by atoms with Crippen LogP contribution in [0.25, 0.3) is 0 Å². The second kappa shape index (κ2) is 4.28. The molecule has 78 valence electrons. The Labute approximate surface area is 87.5 Å². The molecule has 0 spiro atoms. The zero-order valence-corrected chi connectivity index (χ0v) is 8.16. The number of benzene rings is 1. The van der Waals surface area contributed by atoms with Crippen LogP contribution in [-0.2, 0) is 0 Å². The molecule has 0 saturated carbocycles. The first kappa shape index (κ1) is 9.94. The van der Waals surface area contributed by atoms with Crippen molar-refractivity contribution in [3.63, 3.8) is 0 Å². The average molecular weight is 206 g/mol. The van der Waals surface area contributed by atoms with E-state index in [0.29, 0.717) is 5.56 Å². The minimum atomic E-state index is -0.471. The first-order valence-electron chi connectivity index (χ1n) is 4.86. The molecular formula is C11H11FN2O. The highest BCUT2D eigenvalue weighted by atomic mass is 19.1. The van der Waals surface area contributed by atoms with E-state index in [9.17, 15) is 4.39 Å². The maximum Gasteiger partial charge on any atom is 0.166 e. The molecule has 1 heterocycles. The van der Waals surface area contributed by atoms with Crippen molar-refractivity contribution in [1.82, 2.24) is 5.32 Å². The van der Waals surface area contributed by atoms with Crippen LogP contribution >= 0.6 is 0 Å². The highest BCUT2D eigenvalue weighted by Crippen LogP contribution is 2.20. The summed E-state index contributed by atoms with van der Waals surface area (Å²) in [5.41, 5.74) is 0.310. The van der Waals surface area contributed by atoms with Gasteiger partial charge in [0.15, 0.2) is 11.6 Å². The van der Waals surface area contributed by atoms with Gasteiger partial charge in [-0.1, -0.05) is 0 Å². The summed E-state index contributed by atoms with van der Waals surface area (Å²) in [7, 11) is 0. The molecule has 1 aliphatic heterocycles. The Balaban J connectivity index is 2.11. The van der Waals surface area contributed by atoms with Crippen LogP contribution in [-0.4, -0.2) is 19.2 Å². The van der Waals surface area contributed by atoms with E-state index in [4.69, 9.17) is 10.00 Å². The summed E-state index contributed by atoms with van der Waals surface area (Å²) < 4.78 is 18.9. The minimum Gasteiger partial charge on any atom is -0.486 e. The molecular weight excluding hydrogens is 195 g/mol. The van der Waals surface area contributed by atoms with Crippen LogP contribution in [0.4, 0.5) is 4.39 Å².